The minimum atomic E-state index is -1.10. The molecule has 0 aromatic carbocycles. The summed E-state index contributed by atoms with van der Waals surface area (Å²) in [5.41, 5.74) is 0.286. The van der Waals surface area contributed by atoms with E-state index in [1.54, 1.807) is 0 Å². The van der Waals surface area contributed by atoms with Crippen LogP contribution in [0.5, 0.6) is 0 Å². The second kappa shape index (κ2) is 6.30. The normalized spacial score (nSPS) is 12.5. The average molecular weight is 253 g/mol. The average Bonchev–Trinajstić information content (AvgIpc) is 2.35. The lowest BCUT2D eigenvalue weighted by atomic mass is 10.2. The van der Waals surface area contributed by atoms with Crippen molar-refractivity contribution in [3.8, 4) is 0 Å². The molecule has 0 aliphatic carbocycles. The number of aliphatic hydroxyl groups excluding tert-OH is 1. The number of aromatic nitrogens is 2. The summed E-state index contributed by atoms with van der Waals surface area (Å²) in [5, 5.41) is 21.2. The van der Waals surface area contributed by atoms with Crippen molar-refractivity contribution in [2.45, 2.75) is 39.2 Å². The second-order valence-corrected chi connectivity index (χ2v) is 4.38. The Hall–Kier alpha value is -1.69. The highest BCUT2D eigenvalue weighted by Crippen LogP contribution is 2.17. The number of carboxylic acid groups (broad SMARTS) is 1. The van der Waals surface area contributed by atoms with Gasteiger partial charge in [-0.05, 0) is 6.42 Å². The summed E-state index contributed by atoms with van der Waals surface area (Å²) in [5.74, 6) is -0.540. The van der Waals surface area contributed by atoms with Crippen molar-refractivity contribution in [2.75, 3.05) is 11.9 Å². The molecule has 1 heterocycles. The van der Waals surface area contributed by atoms with Gasteiger partial charge in [0.1, 0.15) is 5.82 Å². The number of hydrogen-bond donors (Lipinski definition) is 3. The van der Waals surface area contributed by atoms with E-state index in [0.29, 0.717) is 17.9 Å². The minimum Gasteiger partial charge on any atom is -0.476 e. The second-order valence-electron chi connectivity index (χ2n) is 4.38. The smallest absolute Gasteiger partial charge is 0.356 e. The monoisotopic (exact) mass is 253 g/mol. The predicted molar refractivity (Wildman–Crippen MR) is 67.9 cm³/mol. The molecule has 1 atom stereocenters. The first-order chi connectivity index (χ1) is 8.49. The van der Waals surface area contributed by atoms with Gasteiger partial charge in [-0.2, -0.15) is 0 Å². The van der Waals surface area contributed by atoms with Gasteiger partial charge in [0.15, 0.2) is 5.69 Å². The summed E-state index contributed by atoms with van der Waals surface area (Å²) in [6.45, 7) is 5.63. The Balaban J connectivity index is 3.07. The topological polar surface area (TPSA) is 95.3 Å². The Kier molecular flexibility index (Phi) is 5.03. The van der Waals surface area contributed by atoms with Gasteiger partial charge < -0.3 is 15.5 Å². The standard InChI is InChI=1S/C12H19N3O3/c1-4-8(6-16)14-9-5-13-11(7(2)3)15-10(9)12(17)18/h5,7-8,14,16H,4,6H2,1-3H3,(H,17,18). The first-order valence-electron chi connectivity index (χ1n) is 5.97. The van der Waals surface area contributed by atoms with E-state index < -0.39 is 5.97 Å². The highest BCUT2D eigenvalue weighted by Gasteiger charge is 2.17. The molecular formula is C12H19N3O3. The van der Waals surface area contributed by atoms with E-state index >= 15 is 0 Å². The maximum absolute atomic E-state index is 11.2. The molecule has 1 unspecified atom stereocenters. The van der Waals surface area contributed by atoms with Gasteiger partial charge in [0.25, 0.3) is 0 Å². The van der Waals surface area contributed by atoms with Crippen LogP contribution >= 0.6 is 0 Å². The van der Waals surface area contributed by atoms with E-state index in [2.05, 4.69) is 15.3 Å². The summed E-state index contributed by atoms with van der Waals surface area (Å²) in [6.07, 6.45) is 2.14. The molecule has 0 aliphatic rings. The van der Waals surface area contributed by atoms with Crippen LogP contribution < -0.4 is 5.32 Å². The van der Waals surface area contributed by atoms with Gasteiger partial charge in [-0.3, -0.25) is 0 Å². The van der Waals surface area contributed by atoms with E-state index in [1.165, 1.54) is 6.20 Å². The lowest BCUT2D eigenvalue weighted by molar-refractivity contribution is 0.0691. The number of hydrogen-bond acceptors (Lipinski definition) is 5. The quantitative estimate of drug-likeness (QED) is 0.710. The molecule has 3 N–H and O–H groups in total. The Morgan fingerprint density at radius 3 is 2.61 bits per heavy atom. The van der Waals surface area contributed by atoms with Crippen molar-refractivity contribution in [1.29, 1.82) is 0 Å². The van der Waals surface area contributed by atoms with Crippen LogP contribution in [0.3, 0.4) is 0 Å². The molecule has 0 aliphatic heterocycles. The molecule has 1 rings (SSSR count). The Bertz CT molecular complexity index is 417. The van der Waals surface area contributed by atoms with Gasteiger partial charge >= 0.3 is 5.97 Å². The summed E-state index contributed by atoms with van der Waals surface area (Å²) in [6, 6.07) is -0.198. The Labute approximate surface area is 106 Å². The first-order valence-corrected chi connectivity index (χ1v) is 5.97. The van der Waals surface area contributed by atoms with Crippen LogP contribution in [0.25, 0.3) is 0 Å². The van der Waals surface area contributed by atoms with Crippen molar-refractivity contribution in [3.63, 3.8) is 0 Å². The number of aromatic carboxylic acids is 1. The van der Waals surface area contributed by atoms with Crippen molar-refractivity contribution in [1.82, 2.24) is 9.97 Å². The third kappa shape index (κ3) is 3.40. The molecule has 6 heteroatoms. The molecule has 0 fully saturated rings. The van der Waals surface area contributed by atoms with Crippen LogP contribution in [0.2, 0.25) is 0 Å². The zero-order valence-electron chi connectivity index (χ0n) is 10.8. The van der Waals surface area contributed by atoms with E-state index in [1.807, 2.05) is 20.8 Å². The number of rotatable bonds is 6. The predicted octanol–water partition coefficient (Wildman–Crippen LogP) is 1.48. The van der Waals surface area contributed by atoms with Crippen LogP contribution in [0.4, 0.5) is 5.69 Å². The Morgan fingerprint density at radius 1 is 1.50 bits per heavy atom. The van der Waals surface area contributed by atoms with Gasteiger partial charge in [0, 0.05) is 12.0 Å². The molecule has 0 radical (unpaired) electrons. The van der Waals surface area contributed by atoms with E-state index in [9.17, 15) is 4.79 Å². The first kappa shape index (κ1) is 14.4. The number of nitrogens with zero attached hydrogens (tertiary/aromatic N) is 2. The number of aliphatic hydroxyl groups is 1. The molecule has 0 bridgehead atoms. The zero-order valence-corrected chi connectivity index (χ0v) is 10.8. The summed E-state index contributed by atoms with van der Waals surface area (Å²) >= 11 is 0. The van der Waals surface area contributed by atoms with Gasteiger partial charge in [-0.15, -0.1) is 0 Å². The lowest BCUT2D eigenvalue weighted by Gasteiger charge is -2.17. The Morgan fingerprint density at radius 2 is 2.17 bits per heavy atom. The summed E-state index contributed by atoms with van der Waals surface area (Å²) in [7, 11) is 0. The number of anilines is 1. The molecule has 0 saturated heterocycles. The molecular weight excluding hydrogens is 234 g/mol. The molecule has 0 spiro atoms. The van der Waals surface area contributed by atoms with Gasteiger partial charge in [0.05, 0.1) is 18.5 Å². The minimum absolute atomic E-state index is 0.0550. The van der Waals surface area contributed by atoms with Crippen LogP contribution in [0.15, 0.2) is 6.20 Å². The van der Waals surface area contributed by atoms with Crippen LogP contribution in [0.1, 0.15) is 49.4 Å². The molecule has 100 valence electrons. The molecule has 0 saturated carbocycles. The van der Waals surface area contributed by atoms with Crippen LogP contribution in [0, 0.1) is 0 Å². The molecule has 1 aromatic rings. The highest BCUT2D eigenvalue weighted by molar-refractivity contribution is 5.91. The molecule has 1 aromatic heterocycles. The molecule has 0 amide bonds. The van der Waals surface area contributed by atoms with Gasteiger partial charge in [-0.25, -0.2) is 14.8 Å². The van der Waals surface area contributed by atoms with Crippen molar-refractivity contribution in [3.05, 3.63) is 17.7 Å². The number of carbonyl (C=O) groups is 1. The zero-order chi connectivity index (χ0) is 13.7. The maximum atomic E-state index is 11.2. The third-order valence-electron chi connectivity index (χ3n) is 2.60. The van der Waals surface area contributed by atoms with Crippen LogP contribution in [-0.4, -0.2) is 38.8 Å². The van der Waals surface area contributed by atoms with E-state index in [0.717, 1.165) is 0 Å². The third-order valence-corrected chi connectivity index (χ3v) is 2.60. The van der Waals surface area contributed by atoms with Crippen LogP contribution in [-0.2, 0) is 0 Å². The summed E-state index contributed by atoms with van der Waals surface area (Å²) in [4.78, 5) is 19.3. The summed E-state index contributed by atoms with van der Waals surface area (Å²) < 4.78 is 0. The molecule has 18 heavy (non-hydrogen) atoms. The fourth-order valence-electron chi connectivity index (χ4n) is 1.44. The largest absolute Gasteiger partial charge is 0.476 e. The number of nitrogens with one attached hydrogen (secondary N) is 1. The molecule has 6 nitrogen and oxygen atoms in total. The lowest BCUT2D eigenvalue weighted by Crippen LogP contribution is -2.24. The highest BCUT2D eigenvalue weighted by atomic mass is 16.4. The van der Waals surface area contributed by atoms with E-state index in [4.69, 9.17) is 10.2 Å². The fraction of sp³-hybridized carbons (Fsp3) is 0.583. The van der Waals surface area contributed by atoms with Crippen molar-refractivity contribution < 1.29 is 15.0 Å². The van der Waals surface area contributed by atoms with Crippen molar-refractivity contribution >= 4 is 11.7 Å². The SMILES string of the molecule is CCC(CO)Nc1cnc(C(C)C)nc1C(=O)O. The van der Waals surface area contributed by atoms with Gasteiger partial charge in [0.2, 0.25) is 0 Å². The maximum Gasteiger partial charge on any atom is 0.356 e. The van der Waals surface area contributed by atoms with Gasteiger partial charge in [-0.1, -0.05) is 20.8 Å². The fourth-order valence-corrected chi connectivity index (χ4v) is 1.44. The van der Waals surface area contributed by atoms with E-state index in [-0.39, 0.29) is 24.3 Å². The van der Waals surface area contributed by atoms with Crippen molar-refractivity contribution in [2.24, 2.45) is 0 Å². The number of carboxylic acids is 1.